The molecule has 1 N–H and O–H groups in total. The monoisotopic (exact) mass is 361 g/mol. The topological polar surface area (TPSA) is 56.8 Å². The van der Waals surface area contributed by atoms with Gasteiger partial charge in [0.15, 0.2) is 6.29 Å². The highest BCUT2D eigenvalue weighted by Gasteiger charge is 2.51. The molecule has 1 saturated heterocycles. The summed E-state index contributed by atoms with van der Waals surface area (Å²) in [6, 6.07) is 9.22. The van der Waals surface area contributed by atoms with Crippen LogP contribution >= 0.6 is 0 Å². The lowest BCUT2D eigenvalue weighted by molar-refractivity contribution is -0.246. The lowest BCUT2D eigenvalue weighted by Crippen LogP contribution is -2.65. The molecule has 1 aromatic rings. The molecule has 140 valence electrons. The molecule has 0 spiro atoms. The molecule has 25 heavy (non-hydrogen) atoms. The fourth-order valence-electron chi connectivity index (χ4n) is 3.01. The maximum Gasteiger partial charge on any atom is 0.471 e. The molecule has 0 aliphatic carbocycles. The van der Waals surface area contributed by atoms with E-state index >= 15 is 0 Å². The average molecular weight is 361 g/mol. The molecule has 4 atom stereocenters. The Morgan fingerprint density at radius 1 is 1.36 bits per heavy atom. The number of nitrogens with one attached hydrogen (secondary N) is 1. The van der Waals surface area contributed by atoms with Crippen LogP contribution in [0.5, 0.6) is 0 Å². The summed E-state index contributed by atoms with van der Waals surface area (Å²) in [7, 11) is 1.40. The summed E-state index contributed by atoms with van der Waals surface area (Å²) in [4.78, 5) is 11.5. The van der Waals surface area contributed by atoms with E-state index in [9.17, 15) is 18.0 Å². The first-order chi connectivity index (χ1) is 11.7. The van der Waals surface area contributed by atoms with Gasteiger partial charge in [-0.05, 0) is 19.4 Å². The largest absolute Gasteiger partial charge is 0.471 e. The van der Waals surface area contributed by atoms with Gasteiger partial charge in [0.1, 0.15) is 6.10 Å². The first-order valence-electron chi connectivity index (χ1n) is 7.89. The summed E-state index contributed by atoms with van der Waals surface area (Å²) in [5.74, 6) is -2.01. The summed E-state index contributed by atoms with van der Waals surface area (Å²) in [6.07, 6.45) is -7.01. The standard InChI is InChI=1S/C17H22F3NO4/c1-11-14(24-10-12-7-5-4-6-8-12)16(2,9-13(23-3)25-11)21-15(22)17(18,19)20/h4-8,11,13-14H,9-10H2,1-3H3,(H,21,22)/t11?,13-,14+,16+/m0/s1. The van der Waals surface area contributed by atoms with E-state index in [-0.39, 0.29) is 13.0 Å². The van der Waals surface area contributed by atoms with Gasteiger partial charge in [0.25, 0.3) is 0 Å². The molecule has 0 radical (unpaired) electrons. The number of ether oxygens (including phenoxy) is 3. The van der Waals surface area contributed by atoms with Crippen molar-refractivity contribution >= 4 is 5.91 Å². The minimum Gasteiger partial charge on any atom is -0.368 e. The van der Waals surface area contributed by atoms with E-state index in [0.29, 0.717) is 0 Å². The zero-order valence-corrected chi connectivity index (χ0v) is 14.3. The summed E-state index contributed by atoms with van der Waals surface area (Å²) in [5.41, 5.74) is -0.423. The molecule has 1 heterocycles. The second-order valence-electron chi connectivity index (χ2n) is 6.30. The fourth-order valence-corrected chi connectivity index (χ4v) is 3.01. The van der Waals surface area contributed by atoms with E-state index in [1.165, 1.54) is 14.0 Å². The number of hydrogen-bond acceptors (Lipinski definition) is 4. The van der Waals surface area contributed by atoms with E-state index < -0.39 is 36.1 Å². The van der Waals surface area contributed by atoms with Gasteiger partial charge in [-0.25, -0.2) is 0 Å². The van der Waals surface area contributed by atoms with Gasteiger partial charge in [-0.1, -0.05) is 30.3 Å². The Morgan fingerprint density at radius 3 is 2.56 bits per heavy atom. The van der Waals surface area contributed by atoms with Crippen LogP contribution in [-0.4, -0.2) is 43.2 Å². The Kier molecular flexibility index (Phi) is 6.08. The zero-order chi connectivity index (χ0) is 18.7. The summed E-state index contributed by atoms with van der Waals surface area (Å²) >= 11 is 0. The van der Waals surface area contributed by atoms with Gasteiger partial charge in [-0.3, -0.25) is 4.79 Å². The Balaban J connectivity index is 2.18. The van der Waals surface area contributed by atoms with Gasteiger partial charge in [-0.15, -0.1) is 0 Å². The highest BCUT2D eigenvalue weighted by atomic mass is 19.4. The molecule has 0 saturated carbocycles. The van der Waals surface area contributed by atoms with Crippen LogP contribution in [0.4, 0.5) is 13.2 Å². The van der Waals surface area contributed by atoms with E-state index in [1.807, 2.05) is 30.3 Å². The van der Waals surface area contributed by atoms with Gasteiger partial charge in [0, 0.05) is 13.5 Å². The molecular formula is C17H22F3NO4. The average Bonchev–Trinajstić information content (AvgIpc) is 2.53. The number of alkyl halides is 3. The Bertz CT molecular complexity index is 581. The first kappa shape index (κ1) is 19.7. The molecule has 0 aromatic heterocycles. The van der Waals surface area contributed by atoms with Crippen LogP contribution in [0.1, 0.15) is 25.8 Å². The number of carbonyl (C=O) groups is 1. The molecule has 2 rings (SSSR count). The van der Waals surface area contributed by atoms with Crippen LogP contribution in [0.2, 0.25) is 0 Å². The molecule has 1 amide bonds. The van der Waals surface area contributed by atoms with Gasteiger partial charge in [0.2, 0.25) is 0 Å². The van der Waals surface area contributed by atoms with Crippen LogP contribution in [0.15, 0.2) is 30.3 Å². The van der Waals surface area contributed by atoms with Crippen LogP contribution in [0, 0.1) is 0 Å². The SMILES string of the molecule is CO[C@@H]1C[C@@](C)(NC(=O)C(F)(F)F)[C@H](OCc2ccccc2)C(C)O1. The Labute approximate surface area is 144 Å². The van der Waals surface area contributed by atoms with Crippen LogP contribution in [0.3, 0.4) is 0 Å². The van der Waals surface area contributed by atoms with Crippen molar-refractivity contribution in [2.45, 2.75) is 57.1 Å². The predicted molar refractivity (Wildman–Crippen MR) is 83.6 cm³/mol. The number of carbonyl (C=O) groups excluding carboxylic acids is 1. The van der Waals surface area contributed by atoms with Crippen molar-refractivity contribution in [2.75, 3.05) is 7.11 Å². The number of hydrogen-bond donors (Lipinski definition) is 1. The minimum absolute atomic E-state index is 0.0368. The summed E-state index contributed by atoms with van der Waals surface area (Å²) in [5, 5.41) is 2.07. The Morgan fingerprint density at radius 2 is 2.00 bits per heavy atom. The molecule has 5 nitrogen and oxygen atoms in total. The van der Waals surface area contributed by atoms with E-state index in [1.54, 1.807) is 6.92 Å². The maximum atomic E-state index is 12.7. The van der Waals surface area contributed by atoms with Crippen molar-refractivity contribution in [1.29, 1.82) is 0 Å². The summed E-state index contributed by atoms with van der Waals surface area (Å²) in [6.45, 7) is 3.38. The molecule has 0 bridgehead atoms. The van der Waals surface area contributed by atoms with E-state index in [2.05, 4.69) is 5.32 Å². The van der Waals surface area contributed by atoms with Crippen molar-refractivity contribution < 1.29 is 32.2 Å². The van der Waals surface area contributed by atoms with Crippen molar-refractivity contribution in [2.24, 2.45) is 0 Å². The molecule has 8 heteroatoms. The van der Waals surface area contributed by atoms with E-state index in [4.69, 9.17) is 14.2 Å². The summed E-state index contributed by atoms with van der Waals surface area (Å²) < 4.78 is 54.7. The van der Waals surface area contributed by atoms with Crippen molar-refractivity contribution in [3.8, 4) is 0 Å². The highest BCUT2D eigenvalue weighted by molar-refractivity contribution is 5.82. The lowest BCUT2D eigenvalue weighted by Gasteiger charge is -2.47. The van der Waals surface area contributed by atoms with Gasteiger partial charge < -0.3 is 19.5 Å². The van der Waals surface area contributed by atoms with Gasteiger partial charge >= 0.3 is 12.1 Å². The minimum atomic E-state index is -4.98. The predicted octanol–water partition coefficient (Wildman–Crippen LogP) is 2.79. The van der Waals surface area contributed by atoms with Crippen LogP contribution in [0.25, 0.3) is 0 Å². The number of halogens is 3. The molecule has 1 unspecified atom stereocenters. The third-order valence-electron chi connectivity index (χ3n) is 4.20. The third kappa shape index (κ3) is 4.93. The van der Waals surface area contributed by atoms with Gasteiger partial charge in [-0.2, -0.15) is 13.2 Å². The quantitative estimate of drug-likeness (QED) is 0.876. The molecular weight excluding hydrogens is 339 g/mol. The van der Waals surface area contributed by atoms with Gasteiger partial charge in [0.05, 0.1) is 18.2 Å². The van der Waals surface area contributed by atoms with Crippen LogP contribution in [-0.2, 0) is 25.6 Å². The van der Waals surface area contributed by atoms with Crippen molar-refractivity contribution in [3.05, 3.63) is 35.9 Å². The maximum absolute atomic E-state index is 12.7. The molecule has 1 aliphatic heterocycles. The lowest BCUT2D eigenvalue weighted by atomic mass is 9.84. The molecule has 1 aromatic carbocycles. The number of amides is 1. The number of rotatable bonds is 5. The molecule has 1 fully saturated rings. The van der Waals surface area contributed by atoms with Crippen molar-refractivity contribution in [1.82, 2.24) is 5.32 Å². The normalized spacial score (nSPS) is 30.1. The van der Waals surface area contributed by atoms with Crippen molar-refractivity contribution in [3.63, 3.8) is 0 Å². The highest BCUT2D eigenvalue weighted by Crippen LogP contribution is 2.33. The second-order valence-corrected chi connectivity index (χ2v) is 6.30. The number of methoxy groups -OCH3 is 1. The van der Waals surface area contributed by atoms with Crippen LogP contribution < -0.4 is 5.32 Å². The molecule has 1 aliphatic rings. The smallest absolute Gasteiger partial charge is 0.368 e. The number of benzene rings is 1. The second kappa shape index (κ2) is 7.72. The fraction of sp³-hybridized carbons (Fsp3) is 0.588. The zero-order valence-electron chi connectivity index (χ0n) is 14.3. The Hall–Kier alpha value is -1.64. The first-order valence-corrected chi connectivity index (χ1v) is 7.89. The van der Waals surface area contributed by atoms with E-state index in [0.717, 1.165) is 5.56 Å². The third-order valence-corrected chi connectivity index (χ3v) is 4.20.